The third kappa shape index (κ3) is 5.38. The van der Waals surface area contributed by atoms with Gasteiger partial charge in [-0.05, 0) is 49.2 Å². The Labute approximate surface area is 236 Å². The molecule has 12 heteroatoms. The Morgan fingerprint density at radius 1 is 1.00 bits per heavy atom. The highest BCUT2D eigenvalue weighted by Gasteiger charge is 2.29. The van der Waals surface area contributed by atoms with Crippen LogP contribution in [0.4, 0.5) is 16.3 Å². The number of carbonyl (C=O) groups excluding carboxylic acids is 1. The predicted octanol–water partition coefficient (Wildman–Crippen LogP) is 3.91. The molecule has 0 atom stereocenters. The fourth-order valence-electron chi connectivity index (χ4n) is 5.45. The van der Waals surface area contributed by atoms with Crippen molar-refractivity contribution in [3.63, 3.8) is 0 Å². The number of morpholine rings is 1. The van der Waals surface area contributed by atoms with Gasteiger partial charge in [-0.15, -0.1) is 0 Å². The molecule has 212 valence electrons. The summed E-state index contributed by atoms with van der Waals surface area (Å²) >= 11 is 0. The fourth-order valence-corrected chi connectivity index (χ4v) is 5.45. The van der Waals surface area contributed by atoms with Gasteiger partial charge in [0, 0.05) is 37.4 Å². The number of nitrogens with zero attached hydrogens (tertiary/aromatic N) is 6. The van der Waals surface area contributed by atoms with Gasteiger partial charge in [0.2, 0.25) is 0 Å². The van der Waals surface area contributed by atoms with Crippen LogP contribution in [0.25, 0.3) is 22.4 Å². The number of piperidine rings is 1. The lowest BCUT2D eigenvalue weighted by atomic mass is 10.0. The summed E-state index contributed by atoms with van der Waals surface area (Å²) in [5.41, 5.74) is 2.53. The summed E-state index contributed by atoms with van der Waals surface area (Å²) < 4.78 is 12.9. The average molecular weight is 558 g/mol. The van der Waals surface area contributed by atoms with E-state index in [1.54, 1.807) is 43.5 Å². The van der Waals surface area contributed by atoms with E-state index in [0.29, 0.717) is 62.2 Å². The van der Waals surface area contributed by atoms with Gasteiger partial charge in [0.1, 0.15) is 11.6 Å². The number of fused-ring (bicyclic) bond motifs is 1. The highest BCUT2D eigenvalue weighted by molar-refractivity contribution is 5.97. The molecular weight excluding hydrogens is 526 g/mol. The summed E-state index contributed by atoms with van der Waals surface area (Å²) in [6.07, 6.45) is 2.18. The van der Waals surface area contributed by atoms with Crippen LogP contribution in [-0.4, -0.2) is 88.3 Å². The maximum absolute atomic E-state index is 13.2. The molecule has 4 aromatic rings. The summed E-state index contributed by atoms with van der Waals surface area (Å²) in [5.74, 6) is 1.87. The van der Waals surface area contributed by atoms with Gasteiger partial charge >= 0.3 is 6.09 Å². The summed E-state index contributed by atoms with van der Waals surface area (Å²) in [6, 6.07) is 14.4. The predicted molar refractivity (Wildman–Crippen MR) is 153 cm³/mol. The highest BCUT2D eigenvalue weighted by Crippen LogP contribution is 2.33. The minimum Gasteiger partial charge on any atom is -0.496 e. The molecule has 2 amide bonds. The van der Waals surface area contributed by atoms with Crippen molar-refractivity contribution >= 4 is 34.5 Å². The van der Waals surface area contributed by atoms with E-state index in [4.69, 9.17) is 29.6 Å². The van der Waals surface area contributed by atoms with Crippen molar-refractivity contribution in [2.75, 3.05) is 56.7 Å². The van der Waals surface area contributed by atoms with Crippen LogP contribution in [0.2, 0.25) is 0 Å². The van der Waals surface area contributed by atoms with Crippen molar-refractivity contribution in [3.05, 3.63) is 60.3 Å². The number of aromatic nitrogens is 4. The quantitative estimate of drug-likeness (QED) is 0.362. The molecule has 0 saturated carbocycles. The van der Waals surface area contributed by atoms with E-state index in [-0.39, 0.29) is 11.9 Å². The van der Waals surface area contributed by atoms with Gasteiger partial charge < -0.3 is 24.4 Å². The number of hydrogen-bond acceptors (Lipinski definition) is 8. The van der Waals surface area contributed by atoms with Crippen molar-refractivity contribution in [1.82, 2.24) is 24.6 Å². The van der Waals surface area contributed by atoms with Gasteiger partial charge in [-0.3, -0.25) is 10.1 Å². The molecule has 2 N–H and O–H groups in total. The lowest BCUT2D eigenvalue weighted by Gasteiger charge is -2.32. The van der Waals surface area contributed by atoms with E-state index in [1.807, 2.05) is 27.9 Å². The maximum Gasteiger partial charge on any atom is 0.409 e. The minimum absolute atomic E-state index is 0.0359. The van der Waals surface area contributed by atoms with Crippen molar-refractivity contribution in [3.8, 4) is 17.1 Å². The summed E-state index contributed by atoms with van der Waals surface area (Å²) in [6.45, 7) is 3.83. The molecule has 2 aromatic carbocycles. The molecule has 2 aliphatic rings. The number of hydrogen-bond donors (Lipinski definition) is 2. The third-order valence-corrected chi connectivity index (χ3v) is 7.57. The zero-order valence-corrected chi connectivity index (χ0v) is 22.7. The molecule has 0 bridgehead atoms. The van der Waals surface area contributed by atoms with Crippen molar-refractivity contribution in [2.45, 2.75) is 18.9 Å². The number of methoxy groups -OCH3 is 1. The van der Waals surface area contributed by atoms with E-state index in [9.17, 15) is 9.59 Å². The number of para-hydroxylation sites is 1. The summed E-state index contributed by atoms with van der Waals surface area (Å²) in [4.78, 5) is 38.2. The van der Waals surface area contributed by atoms with Crippen LogP contribution < -0.4 is 15.0 Å². The van der Waals surface area contributed by atoms with Gasteiger partial charge in [-0.25, -0.2) is 19.4 Å². The zero-order valence-electron chi connectivity index (χ0n) is 22.7. The molecule has 0 aliphatic carbocycles. The molecule has 0 radical (unpaired) electrons. The van der Waals surface area contributed by atoms with Crippen LogP contribution in [-0.2, 0) is 4.74 Å². The second-order valence-corrected chi connectivity index (χ2v) is 10.0. The summed E-state index contributed by atoms with van der Waals surface area (Å²) in [7, 11) is 1.57. The maximum atomic E-state index is 13.2. The van der Waals surface area contributed by atoms with Gasteiger partial charge in [0.05, 0.1) is 43.5 Å². The van der Waals surface area contributed by atoms with E-state index >= 15 is 0 Å². The summed E-state index contributed by atoms with van der Waals surface area (Å²) in [5, 5.41) is 17.0. The Morgan fingerprint density at radius 2 is 1.73 bits per heavy atom. The smallest absolute Gasteiger partial charge is 0.409 e. The molecule has 2 aliphatic heterocycles. The number of likely N-dealkylation sites (tertiary alicyclic amines) is 1. The Bertz CT molecular complexity index is 1560. The molecule has 2 saturated heterocycles. The topological polar surface area (TPSA) is 135 Å². The monoisotopic (exact) mass is 557 g/mol. The molecule has 4 heterocycles. The average Bonchev–Trinajstić information content (AvgIpc) is 3.45. The molecule has 2 aromatic heterocycles. The number of anilines is 2. The number of carbonyl (C=O) groups is 2. The van der Waals surface area contributed by atoms with Crippen LogP contribution in [0.1, 0.15) is 29.2 Å². The fraction of sp³-hybridized carbons (Fsp3) is 0.345. The number of ether oxygens (including phenoxy) is 2. The molecule has 12 nitrogen and oxygen atoms in total. The molecule has 6 rings (SSSR count). The lowest BCUT2D eigenvalue weighted by molar-refractivity contribution is 0.0688. The first-order valence-corrected chi connectivity index (χ1v) is 13.6. The normalized spacial score (nSPS) is 16.1. The number of carboxylic acid groups (broad SMARTS) is 1. The zero-order chi connectivity index (χ0) is 28.3. The Balaban J connectivity index is 1.30. The molecular formula is C29H31N7O5. The van der Waals surface area contributed by atoms with Crippen LogP contribution >= 0.6 is 0 Å². The second-order valence-electron chi connectivity index (χ2n) is 10.0. The van der Waals surface area contributed by atoms with Crippen LogP contribution in [0.5, 0.6) is 5.75 Å². The Morgan fingerprint density at radius 3 is 2.44 bits per heavy atom. The Kier molecular flexibility index (Phi) is 7.38. The highest BCUT2D eigenvalue weighted by atomic mass is 16.5. The van der Waals surface area contributed by atoms with E-state index in [0.717, 1.165) is 35.3 Å². The van der Waals surface area contributed by atoms with Crippen LogP contribution in [0, 0.1) is 0 Å². The SMILES string of the molecule is COc1ccccc1C(=O)N1CCC(n2ncc3c(N4CCOCC4)nc(-c4ccc(NC(=O)O)cc4)nc32)CC1. The number of amides is 2. The van der Waals surface area contributed by atoms with Gasteiger partial charge in [-0.2, -0.15) is 5.10 Å². The van der Waals surface area contributed by atoms with E-state index in [2.05, 4.69) is 10.2 Å². The van der Waals surface area contributed by atoms with Crippen LogP contribution in [0.15, 0.2) is 54.7 Å². The third-order valence-electron chi connectivity index (χ3n) is 7.57. The standard InChI is InChI=1S/C29H31N7O5/c1-40-24-5-3-2-4-22(24)28(37)35-12-10-21(11-13-35)36-27-23(18-30-36)26(34-14-16-41-17-15-34)32-25(33-27)19-6-8-20(9-7-19)31-29(38)39/h2-9,18,21,31H,10-17H2,1H3,(H,38,39). The second kappa shape index (κ2) is 11.4. The first-order chi connectivity index (χ1) is 20.0. The molecule has 2 fully saturated rings. The van der Waals surface area contributed by atoms with Crippen LogP contribution in [0.3, 0.4) is 0 Å². The van der Waals surface area contributed by atoms with Gasteiger partial charge in [-0.1, -0.05) is 12.1 Å². The van der Waals surface area contributed by atoms with Crippen molar-refractivity contribution in [2.24, 2.45) is 0 Å². The first kappa shape index (κ1) is 26.5. The van der Waals surface area contributed by atoms with Gasteiger partial charge in [0.25, 0.3) is 5.91 Å². The number of rotatable bonds is 6. The van der Waals surface area contributed by atoms with Crippen molar-refractivity contribution < 1.29 is 24.2 Å². The van der Waals surface area contributed by atoms with E-state index < -0.39 is 6.09 Å². The van der Waals surface area contributed by atoms with Crippen molar-refractivity contribution in [1.29, 1.82) is 0 Å². The molecule has 0 spiro atoms. The minimum atomic E-state index is -1.12. The lowest BCUT2D eigenvalue weighted by Crippen LogP contribution is -2.39. The van der Waals surface area contributed by atoms with E-state index in [1.165, 1.54) is 0 Å². The number of benzene rings is 2. The Hall–Kier alpha value is -4.71. The largest absolute Gasteiger partial charge is 0.496 e. The first-order valence-electron chi connectivity index (χ1n) is 13.6. The number of nitrogens with one attached hydrogen (secondary N) is 1. The molecule has 41 heavy (non-hydrogen) atoms. The molecule has 0 unspecified atom stereocenters. The van der Waals surface area contributed by atoms with Gasteiger partial charge in [0.15, 0.2) is 11.5 Å².